The van der Waals surface area contributed by atoms with Gasteiger partial charge < -0.3 is 0 Å². The molecule has 1 atom stereocenters. The Labute approximate surface area is 177 Å². The van der Waals surface area contributed by atoms with Gasteiger partial charge in [0.2, 0.25) is 5.78 Å². The average Bonchev–Trinajstić information content (AvgIpc) is 3.19. The van der Waals surface area contributed by atoms with Crippen LogP contribution in [0.5, 0.6) is 0 Å². The summed E-state index contributed by atoms with van der Waals surface area (Å²) in [7, 11) is 0. The second-order valence-electron chi connectivity index (χ2n) is 7.15. The molecule has 148 valence electrons. The van der Waals surface area contributed by atoms with Gasteiger partial charge in [0.05, 0.1) is 16.6 Å². The Kier molecular flexibility index (Phi) is 4.59. The topological polar surface area (TPSA) is 65.1 Å². The van der Waals surface area contributed by atoms with Crippen molar-refractivity contribution in [2.45, 2.75) is 24.3 Å². The highest BCUT2D eigenvalue weighted by Gasteiger charge is 2.19. The normalized spacial score (nSPS) is 12.5. The van der Waals surface area contributed by atoms with Crippen LogP contribution in [0.3, 0.4) is 0 Å². The molecule has 0 bridgehead atoms. The van der Waals surface area contributed by atoms with Crippen molar-refractivity contribution < 1.29 is 0 Å². The predicted molar refractivity (Wildman–Crippen MR) is 119 cm³/mol. The van der Waals surface area contributed by atoms with Gasteiger partial charge in [-0.05, 0) is 55.8 Å². The molecule has 0 aliphatic carbocycles. The fraction of sp³-hybridized carbons (Fsp3) is 0.130. The first-order chi connectivity index (χ1) is 14.6. The lowest BCUT2D eigenvalue weighted by molar-refractivity contribution is 0.920. The van der Waals surface area contributed by atoms with Crippen LogP contribution in [0.4, 0.5) is 0 Å². The highest BCUT2D eigenvalue weighted by molar-refractivity contribution is 7.99. The van der Waals surface area contributed by atoms with Gasteiger partial charge in [-0.3, -0.25) is 14.2 Å². The van der Waals surface area contributed by atoms with E-state index in [4.69, 9.17) is 0 Å². The van der Waals surface area contributed by atoms with Crippen LogP contribution in [0.25, 0.3) is 22.4 Å². The summed E-state index contributed by atoms with van der Waals surface area (Å²) in [6.45, 7) is 4.15. The number of thioether (sulfide) groups is 1. The van der Waals surface area contributed by atoms with E-state index in [1.807, 2.05) is 72.0 Å². The van der Waals surface area contributed by atoms with Crippen molar-refractivity contribution in [3.8, 4) is 5.69 Å². The Hall–Kier alpha value is -3.45. The summed E-state index contributed by atoms with van der Waals surface area (Å²) in [5, 5.41) is 10.4. The molecule has 0 saturated carbocycles. The number of fused-ring (bicyclic) bond motifs is 3. The molecule has 0 saturated heterocycles. The maximum atomic E-state index is 13.3. The van der Waals surface area contributed by atoms with Crippen molar-refractivity contribution >= 4 is 28.4 Å². The third kappa shape index (κ3) is 3.07. The molecule has 0 N–H and O–H groups in total. The number of pyridine rings is 1. The Morgan fingerprint density at radius 2 is 1.67 bits per heavy atom. The molecule has 0 amide bonds. The Balaban J connectivity index is 1.75. The zero-order valence-electron chi connectivity index (χ0n) is 16.6. The van der Waals surface area contributed by atoms with Crippen molar-refractivity contribution in [3.05, 3.63) is 94.5 Å². The maximum Gasteiger partial charge on any atom is 0.267 e. The van der Waals surface area contributed by atoms with Crippen molar-refractivity contribution in [2.75, 3.05) is 0 Å². The predicted octanol–water partition coefficient (Wildman–Crippen LogP) is 4.59. The summed E-state index contributed by atoms with van der Waals surface area (Å²) in [5.74, 6) is 0.506. The Morgan fingerprint density at radius 3 is 2.43 bits per heavy atom. The summed E-state index contributed by atoms with van der Waals surface area (Å²) in [4.78, 5) is 17.4. The SMILES string of the molecule is Cc1ccc(-n2c(=O)c3ccccc3n3c(SC(C)c4ccncc4)nnc23)cc1. The lowest BCUT2D eigenvalue weighted by Crippen LogP contribution is -2.21. The van der Waals surface area contributed by atoms with Gasteiger partial charge in [-0.15, -0.1) is 10.2 Å². The number of rotatable bonds is 4. The van der Waals surface area contributed by atoms with Gasteiger partial charge in [0, 0.05) is 17.6 Å². The average molecular weight is 414 g/mol. The first-order valence-electron chi connectivity index (χ1n) is 9.66. The molecular formula is C23H19N5OS. The van der Waals surface area contributed by atoms with Gasteiger partial charge in [0.25, 0.3) is 5.56 Å². The van der Waals surface area contributed by atoms with E-state index in [0.29, 0.717) is 11.2 Å². The third-order valence-corrected chi connectivity index (χ3v) is 6.25. The molecule has 0 aliphatic heterocycles. The molecule has 6 nitrogen and oxygen atoms in total. The molecule has 3 aromatic heterocycles. The standard InChI is InChI=1S/C23H19N5OS/c1-15-7-9-18(10-8-15)27-21(29)19-5-3-4-6-20(19)28-22(27)25-26-23(28)30-16(2)17-11-13-24-14-12-17/h3-14,16H,1-2H3. The molecule has 0 radical (unpaired) electrons. The largest absolute Gasteiger partial charge is 0.268 e. The fourth-order valence-corrected chi connectivity index (χ4v) is 4.53. The van der Waals surface area contributed by atoms with Crippen LogP contribution < -0.4 is 5.56 Å². The molecule has 0 fully saturated rings. The number of aryl methyl sites for hydroxylation is 1. The quantitative estimate of drug-likeness (QED) is 0.403. The second-order valence-corrected chi connectivity index (χ2v) is 8.46. The van der Waals surface area contributed by atoms with E-state index < -0.39 is 0 Å². The fourth-order valence-electron chi connectivity index (χ4n) is 3.54. The number of para-hydroxylation sites is 1. The van der Waals surface area contributed by atoms with Gasteiger partial charge in [0.1, 0.15) is 0 Å². The van der Waals surface area contributed by atoms with Crippen LogP contribution in [0.1, 0.15) is 23.3 Å². The molecule has 0 spiro atoms. The molecule has 3 heterocycles. The zero-order chi connectivity index (χ0) is 20.7. The van der Waals surface area contributed by atoms with Gasteiger partial charge in [-0.25, -0.2) is 4.57 Å². The van der Waals surface area contributed by atoms with Crippen LogP contribution in [0.15, 0.2) is 83.0 Å². The minimum Gasteiger partial charge on any atom is -0.268 e. The van der Waals surface area contributed by atoms with Gasteiger partial charge in [-0.2, -0.15) is 0 Å². The summed E-state index contributed by atoms with van der Waals surface area (Å²) < 4.78 is 3.61. The van der Waals surface area contributed by atoms with Crippen molar-refractivity contribution in [1.82, 2.24) is 24.1 Å². The van der Waals surface area contributed by atoms with Crippen LogP contribution in [-0.2, 0) is 0 Å². The molecule has 5 aromatic rings. The third-order valence-electron chi connectivity index (χ3n) is 5.14. The van der Waals surface area contributed by atoms with E-state index in [1.165, 1.54) is 0 Å². The van der Waals surface area contributed by atoms with E-state index in [2.05, 4.69) is 22.1 Å². The van der Waals surface area contributed by atoms with Gasteiger partial charge in [-0.1, -0.05) is 41.6 Å². The number of aromatic nitrogens is 5. The van der Waals surface area contributed by atoms with E-state index >= 15 is 0 Å². The monoisotopic (exact) mass is 413 g/mol. The molecule has 30 heavy (non-hydrogen) atoms. The van der Waals surface area contributed by atoms with E-state index in [0.717, 1.165) is 27.5 Å². The van der Waals surface area contributed by atoms with Crippen molar-refractivity contribution in [2.24, 2.45) is 0 Å². The number of nitrogens with zero attached hydrogens (tertiary/aromatic N) is 5. The highest BCUT2D eigenvalue weighted by atomic mass is 32.2. The summed E-state index contributed by atoms with van der Waals surface area (Å²) in [5.41, 5.74) is 3.76. The lowest BCUT2D eigenvalue weighted by atomic mass is 10.2. The molecule has 1 unspecified atom stereocenters. The zero-order valence-corrected chi connectivity index (χ0v) is 17.4. The van der Waals surface area contributed by atoms with E-state index in [-0.39, 0.29) is 10.8 Å². The van der Waals surface area contributed by atoms with E-state index in [9.17, 15) is 4.79 Å². The number of benzene rings is 2. The van der Waals surface area contributed by atoms with Crippen LogP contribution in [0.2, 0.25) is 0 Å². The van der Waals surface area contributed by atoms with Crippen molar-refractivity contribution in [1.29, 1.82) is 0 Å². The lowest BCUT2D eigenvalue weighted by Gasteiger charge is -2.13. The maximum absolute atomic E-state index is 13.3. The first kappa shape index (κ1) is 18.6. The Bertz CT molecular complexity index is 1410. The minimum atomic E-state index is -0.104. The molecule has 5 rings (SSSR count). The molecule has 7 heteroatoms. The number of hydrogen-bond donors (Lipinski definition) is 0. The summed E-state index contributed by atoms with van der Waals surface area (Å²) in [6, 6.07) is 19.5. The molecule has 2 aromatic carbocycles. The van der Waals surface area contributed by atoms with Crippen molar-refractivity contribution in [3.63, 3.8) is 0 Å². The van der Waals surface area contributed by atoms with Gasteiger partial charge >= 0.3 is 0 Å². The summed E-state index contributed by atoms with van der Waals surface area (Å²) >= 11 is 1.61. The van der Waals surface area contributed by atoms with Crippen LogP contribution in [0, 0.1) is 6.92 Å². The second kappa shape index (κ2) is 7.42. The minimum absolute atomic E-state index is 0.104. The van der Waals surface area contributed by atoms with Gasteiger partial charge in [0.15, 0.2) is 5.16 Å². The summed E-state index contributed by atoms with van der Waals surface area (Å²) in [6.07, 6.45) is 3.58. The van der Waals surface area contributed by atoms with Crippen LogP contribution >= 0.6 is 11.8 Å². The Morgan fingerprint density at radius 1 is 0.933 bits per heavy atom. The number of hydrogen-bond acceptors (Lipinski definition) is 5. The first-order valence-corrected chi connectivity index (χ1v) is 10.5. The highest BCUT2D eigenvalue weighted by Crippen LogP contribution is 2.34. The van der Waals surface area contributed by atoms with Crippen LogP contribution in [-0.4, -0.2) is 24.1 Å². The smallest absolute Gasteiger partial charge is 0.267 e. The van der Waals surface area contributed by atoms with E-state index in [1.54, 1.807) is 28.7 Å². The molecular weight excluding hydrogens is 394 g/mol. The molecule has 0 aliphatic rings.